The largest absolute Gasteiger partial charge is 0.870 e. The van der Waals surface area contributed by atoms with E-state index in [2.05, 4.69) is 0 Å². The Morgan fingerprint density at radius 2 is 1.33 bits per heavy atom. The van der Waals surface area contributed by atoms with Gasteiger partial charge in [-0.2, -0.15) is 0 Å². The SMILES string of the molecule is C1CC[N+]2(CC1)CCOCC2.[OH-]. The number of piperidine rings is 1. The summed E-state index contributed by atoms with van der Waals surface area (Å²) in [5.41, 5.74) is 0. The normalized spacial score (nSPS) is 28.0. The predicted molar refractivity (Wildman–Crippen MR) is 46.3 cm³/mol. The van der Waals surface area contributed by atoms with Crippen LogP contribution in [0.4, 0.5) is 0 Å². The molecule has 0 radical (unpaired) electrons. The van der Waals surface area contributed by atoms with Crippen molar-refractivity contribution in [2.45, 2.75) is 19.3 Å². The Labute approximate surface area is 74.2 Å². The first-order valence-corrected chi connectivity index (χ1v) is 4.84. The summed E-state index contributed by atoms with van der Waals surface area (Å²) in [4.78, 5) is 0. The summed E-state index contributed by atoms with van der Waals surface area (Å²) in [6, 6.07) is 0. The van der Waals surface area contributed by atoms with Gasteiger partial charge in [0.15, 0.2) is 0 Å². The summed E-state index contributed by atoms with van der Waals surface area (Å²) < 4.78 is 6.76. The predicted octanol–water partition coefficient (Wildman–Crippen LogP) is 0.840. The van der Waals surface area contributed by atoms with E-state index in [0.717, 1.165) is 13.2 Å². The molecule has 2 saturated heterocycles. The van der Waals surface area contributed by atoms with Gasteiger partial charge in [-0.15, -0.1) is 0 Å². The molecule has 2 heterocycles. The summed E-state index contributed by atoms with van der Waals surface area (Å²) in [5.74, 6) is 0. The third-order valence-corrected chi connectivity index (χ3v) is 3.18. The number of rotatable bonds is 0. The van der Waals surface area contributed by atoms with E-state index in [4.69, 9.17) is 4.74 Å². The van der Waals surface area contributed by atoms with Crippen molar-refractivity contribution in [2.24, 2.45) is 0 Å². The van der Waals surface area contributed by atoms with E-state index in [9.17, 15) is 0 Å². The fourth-order valence-electron chi connectivity index (χ4n) is 2.36. The monoisotopic (exact) mass is 173 g/mol. The number of nitrogens with zero attached hydrogens (tertiary/aromatic N) is 1. The highest BCUT2D eigenvalue weighted by atomic mass is 16.5. The van der Waals surface area contributed by atoms with Gasteiger partial charge in [-0.3, -0.25) is 0 Å². The smallest absolute Gasteiger partial charge is 0.102 e. The molecule has 0 aromatic rings. The van der Waals surface area contributed by atoms with E-state index in [1.54, 1.807) is 0 Å². The van der Waals surface area contributed by atoms with Crippen molar-refractivity contribution in [3.05, 3.63) is 0 Å². The fourth-order valence-corrected chi connectivity index (χ4v) is 2.36. The number of ether oxygens (including phenoxy) is 1. The molecule has 0 saturated carbocycles. The van der Waals surface area contributed by atoms with E-state index in [1.807, 2.05) is 0 Å². The van der Waals surface area contributed by atoms with Crippen LogP contribution in [0.3, 0.4) is 0 Å². The lowest BCUT2D eigenvalue weighted by Crippen LogP contribution is -2.57. The first kappa shape index (κ1) is 9.96. The van der Waals surface area contributed by atoms with Crippen molar-refractivity contribution in [1.29, 1.82) is 0 Å². The van der Waals surface area contributed by atoms with E-state index in [-0.39, 0.29) is 5.48 Å². The zero-order valence-corrected chi connectivity index (χ0v) is 7.67. The van der Waals surface area contributed by atoms with Crippen LogP contribution >= 0.6 is 0 Å². The Kier molecular flexibility index (Phi) is 3.50. The van der Waals surface area contributed by atoms with Gasteiger partial charge in [0, 0.05) is 0 Å². The molecule has 72 valence electrons. The van der Waals surface area contributed by atoms with Gasteiger partial charge in [0.05, 0.1) is 26.3 Å². The highest BCUT2D eigenvalue weighted by molar-refractivity contribution is 4.56. The highest BCUT2D eigenvalue weighted by Crippen LogP contribution is 2.20. The lowest BCUT2D eigenvalue weighted by atomic mass is 10.1. The third kappa shape index (κ3) is 1.97. The van der Waals surface area contributed by atoms with Crippen LogP contribution in [0.15, 0.2) is 0 Å². The second-order valence-corrected chi connectivity index (χ2v) is 3.91. The zero-order chi connectivity index (χ0) is 7.57. The van der Waals surface area contributed by atoms with Crippen molar-refractivity contribution < 1.29 is 14.7 Å². The van der Waals surface area contributed by atoms with Crippen LogP contribution in [0.5, 0.6) is 0 Å². The molecule has 12 heavy (non-hydrogen) atoms. The number of morpholine rings is 1. The van der Waals surface area contributed by atoms with Crippen LogP contribution in [0.25, 0.3) is 0 Å². The zero-order valence-electron chi connectivity index (χ0n) is 7.67. The minimum Gasteiger partial charge on any atom is -0.870 e. The molecule has 1 N–H and O–H groups in total. The number of hydrogen-bond acceptors (Lipinski definition) is 2. The van der Waals surface area contributed by atoms with Crippen molar-refractivity contribution in [2.75, 3.05) is 39.4 Å². The van der Waals surface area contributed by atoms with Gasteiger partial charge in [-0.25, -0.2) is 0 Å². The Hall–Kier alpha value is -0.120. The second kappa shape index (κ2) is 4.21. The van der Waals surface area contributed by atoms with E-state index < -0.39 is 0 Å². The van der Waals surface area contributed by atoms with E-state index >= 15 is 0 Å². The molecular weight excluding hydrogens is 154 g/mol. The molecule has 3 nitrogen and oxygen atoms in total. The maximum atomic E-state index is 5.38. The topological polar surface area (TPSA) is 39.2 Å². The Balaban J connectivity index is 0.000000720. The van der Waals surface area contributed by atoms with Gasteiger partial charge in [0.1, 0.15) is 13.1 Å². The third-order valence-electron chi connectivity index (χ3n) is 3.18. The lowest BCUT2D eigenvalue weighted by molar-refractivity contribution is -0.939. The van der Waals surface area contributed by atoms with Gasteiger partial charge in [-0.1, -0.05) is 0 Å². The highest BCUT2D eigenvalue weighted by Gasteiger charge is 2.31. The molecule has 0 unspecified atom stereocenters. The molecule has 0 bridgehead atoms. The molecule has 0 aliphatic carbocycles. The van der Waals surface area contributed by atoms with Gasteiger partial charge >= 0.3 is 0 Å². The van der Waals surface area contributed by atoms with Crippen LogP contribution in [0, 0.1) is 0 Å². The molecule has 0 atom stereocenters. The van der Waals surface area contributed by atoms with Crippen LogP contribution in [-0.2, 0) is 4.74 Å². The molecule has 0 aromatic heterocycles. The molecule has 1 spiro atoms. The van der Waals surface area contributed by atoms with Crippen molar-refractivity contribution in [1.82, 2.24) is 0 Å². The van der Waals surface area contributed by atoms with Gasteiger partial charge in [0.2, 0.25) is 0 Å². The van der Waals surface area contributed by atoms with Crippen molar-refractivity contribution >= 4 is 0 Å². The molecular formula is C9H19NO2. The number of hydrogen-bond donors (Lipinski definition) is 0. The number of quaternary nitrogens is 1. The first-order valence-electron chi connectivity index (χ1n) is 4.84. The average Bonchev–Trinajstić information content (AvgIpc) is 2.07. The Bertz CT molecular complexity index is 107. The maximum Gasteiger partial charge on any atom is 0.102 e. The lowest BCUT2D eigenvalue weighted by Gasteiger charge is -2.43. The standard InChI is InChI=1S/C9H18NO.H2O/c1-2-4-10(5-3-1)6-8-11-9-7-10;/h1-9H2;1H2/q+1;/p-1. The summed E-state index contributed by atoms with van der Waals surface area (Å²) in [7, 11) is 0. The van der Waals surface area contributed by atoms with Gasteiger partial charge < -0.3 is 14.7 Å². The summed E-state index contributed by atoms with van der Waals surface area (Å²) in [6.45, 7) is 7.40. The molecule has 2 fully saturated rings. The van der Waals surface area contributed by atoms with Crippen LogP contribution in [0.2, 0.25) is 0 Å². The Morgan fingerprint density at radius 3 is 1.92 bits per heavy atom. The van der Waals surface area contributed by atoms with Crippen LogP contribution in [-0.4, -0.2) is 49.4 Å². The molecule has 2 rings (SSSR count). The second-order valence-electron chi connectivity index (χ2n) is 3.91. The van der Waals surface area contributed by atoms with Gasteiger partial charge in [-0.05, 0) is 19.3 Å². The molecule has 0 amide bonds. The van der Waals surface area contributed by atoms with Crippen LogP contribution in [0.1, 0.15) is 19.3 Å². The van der Waals surface area contributed by atoms with Gasteiger partial charge in [0.25, 0.3) is 0 Å². The van der Waals surface area contributed by atoms with E-state index in [1.165, 1.54) is 49.9 Å². The average molecular weight is 173 g/mol. The minimum atomic E-state index is 0. The maximum absolute atomic E-state index is 5.38. The van der Waals surface area contributed by atoms with Crippen molar-refractivity contribution in [3.8, 4) is 0 Å². The summed E-state index contributed by atoms with van der Waals surface area (Å²) in [5, 5.41) is 0. The molecule has 2 aliphatic rings. The van der Waals surface area contributed by atoms with Crippen LogP contribution < -0.4 is 0 Å². The minimum absolute atomic E-state index is 0. The fraction of sp³-hybridized carbons (Fsp3) is 1.00. The molecule has 3 heteroatoms. The Morgan fingerprint density at radius 1 is 0.750 bits per heavy atom. The molecule has 2 aliphatic heterocycles. The first-order chi connectivity index (χ1) is 5.41. The summed E-state index contributed by atoms with van der Waals surface area (Å²) in [6.07, 6.45) is 4.35. The molecule has 0 aromatic carbocycles. The van der Waals surface area contributed by atoms with E-state index in [0.29, 0.717) is 0 Å². The summed E-state index contributed by atoms with van der Waals surface area (Å²) >= 11 is 0. The quantitative estimate of drug-likeness (QED) is 0.509. The van der Waals surface area contributed by atoms with Crippen molar-refractivity contribution in [3.63, 3.8) is 0 Å².